The fraction of sp³-hybridized carbons (Fsp3) is 0.125. The largest absolute Gasteiger partial charge is 0.294 e. The number of tetrazole rings is 1. The van der Waals surface area contributed by atoms with Gasteiger partial charge in [-0.2, -0.15) is 5.21 Å². The molecule has 2 aromatic carbocycles. The Hall–Kier alpha value is -2.60. The van der Waals surface area contributed by atoms with Crippen LogP contribution in [0.5, 0.6) is 0 Å². The van der Waals surface area contributed by atoms with Gasteiger partial charge in [-0.3, -0.25) is 4.79 Å². The Morgan fingerprint density at radius 3 is 2.65 bits per heavy atom. The molecule has 0 aliphatic carbocycles. The second-order valence-electron chi connectivity index (χ2n) is 5.08. The Morgan fingerprint density at radius 2 is 2.04 bits per heavy atom. The van der Waals surface area contributed by atoms with Crippen LogP contribution >= 0.6 is 11.6 Å². The van der Waals surface area contributed by atoms with E-state index in [2.05, 4.69) is 20.6 Å². The van der Waals surface area contributed by atoms with Crippen LogP contribution in [0, 0.1) is 12.7 Å². The molecule has 5 nitrogen and oxygen atoms in total. The van der Waals surface area contributed by atoms with E-state index in [4.69, 9.17) is 11.6 Å². The molecule has 0 fully saturated rings. The minimum atomic E-state index is -0.399. The van der Waals surface area contributed by atoms with Crippen LogP contribution in [0.2, 0.25) is 5.02 Å². The van der Waals surface area contributed by atoms with Crippen molar-refractivity contribution in [3.05, 3.63) is 52.3 Å². The molecule has 7 heteroatoms. The first-order valence-electron chi connectivity index (χ1n) is 6.83. The van der Waals surface area contributed by atoms with E-state index in [1.54, 1.807) is 25.1 Å². The summed E-state index contributed by atoms with van der Waals surface area (Å²) in [6.07, 6.45) is 0. The van der Waals surface area contributed by atoms with Gasteiger partial charge in [-0.05, 0) is 48.4 Å². The molecule has 0 radical (unpaired) electrons. The molecule has 0 unspecified atom stereocenters. The van der Waals surface area contributed by atoms with Gasteiger partial charge < -0.3 is 0 Å². The smallest absolute Gasteiger partial charge is 0.205 e. The lowest BCUT2D eigenvalue weighted by Gasteiger charge is -2.16. The zero-order valence-corrected chi connectivity index (χ0v) is 13.1. The number of carbonyl (C=O) groups is 1. The number of halogens is 2. The molecule has 116 valence electrons. The second-order valence-corrected chi connectivity index (χ2v) is 5.49. The van der Waals surface area contributed by atoms with Crippen LogP contribution in [-0.4, -0.2) is 26.4 Å². The summed E-state index contributed by atoms with van der Waals surface area (Å²) >= 11 is 6.26. The van der Waals surface area contributed by atoms with Gasteiger partial charge in [0.25, 0.3) is 0 Å². The highest BCUT2D eigenvalue weighted by molar-refractivity contribution is 6.32. The lowest BCUT2D eigenvalue weighted by molar-refractivity contribution is 0.101. The monoisotopic (exact) mass is 330 g/mol. The summed E-state index contributed by atoms with van der Waals surface area (Å²) in [7, 11) is 0. The van der Waals surface area contributed by atoms with E-state index in [9.17, 15) is 9.18 Å². The fourth-order valence-corrected chi connectivity index (χ4v) is 2.72. The summed E-state index contributed by atoms with van der Waals surface area (Å²) in [5.74, 6) is -0.286. The first-order valence-corrected chi connectivity index (χ1v) is 7.20. The van der Waals surface area contributed by atoms with Gasteiger partial charge in [0.2, 0.25) is 5.82 Å². The van der Waals surface area contributed by atoms with Crippen LogP contribution in [-0.2, 0) is 0 Å². The van der Waals surface area contributed by atoms with Crippen molar-refractivity contribution < 1.29 is 9.18 Å². The van der Waals surface area contributed by atoms with Gasteiger partial charge in [-0.25, -0.2) is 4.39 Å². The normalized spacial score (nSPS) is 10.8. The second kappa shape index (κ2) is 5.89. The average molecular weight is 331 g/mol. The zero-order chi connectivity index (χ0) is 16.6. The van der Waals surface area contributed by atoms with Gasteiger partial charge >= 0.3 is 0 Å². The number of aromatic nitrogens is 4. The number of aromatic amines is 1. The maximum atomic E-state index is 13.7. The molecule has 0 aliphatic heterocycles. The highest BCUT2D eigenvalue weighted by Crippen LogP contribution is 2.39. The van der Waals surface area contributed by atoms with Crippen molar-refractivity contribution in [2.24, 2.45) is 0 Å². The number of nitrogens with one attached hydrogen (secondary N) is 1. The first kappa shape index (κ1) is 15.3. The van der Waals surface area contributed by atoms with Crippen molar-refractivity contribution in [3.8, 4) is 22.5 Å². The summed E-state index contributed by atoms with van der Waals surface area (Å²) in [6.45, 7) is 3.23. The number of ketones is 1. The van der Waals surface area contributed by atoms with Crippen LogP contribution in [0.1, 0.15) is 22.8 Å². The summed E-state index contributed by atoms with van der Waals surface area (Å²) in [5.41, 5.74) is 2.72. The topological polar surface area (TPSA) is 71.5 Å². The van der Waals surface area contributed by atoms with Gasteiger partial charge in [-0.1, -0.05) is 23.7 Å². The number of Topliss-reactive ketones (excluding diaryl/α,β-unsaturated/α-hetero) is 1. The molecule has 0 aliphatic rings. The molecule has 0 bridgehead atoms. The van der Waals surface area contributed by atoms with E-state index in [1.807, 2.05) is 0 Å². The van der Waals surface area contributed by atoms with Gasteiger partial charge in [0.15, 0.2) is 5.78 Å². The molecule has 3 rings (SSSR count). The third-order valence-electron chi connectivity index (χ3n) is 3.59. The number of nitrogens with zero attached hydrogens (tertiary/aromatic N) is 3. The standard InChI is InChI=1S/C16H12ClFN4O/c1-8-13(17)7-12(9(2)23)15(10-4-3-5-11(18)6-10)14(8)16-19-21-22-20-16/h3-7H,1-2H3,(H,19,20,21,22). The number of hydrogen-bond acceptors (Lipinski definition) is 4. The Bertz CT molecular complexity index is 893. The van der Waals surface area contributed by atoms with Crippen LogP contribution in [0.15, 0.2) is 30.3 Å². The number of rotatable bonds is 3. The quantitative estimate of drug-likeness (QED) is 0.741. The predicted octanol–water partition coefficient (Wildman–Crippen LogP) is 3.84. The Labute approximate surface area is 136 Å². The molecular formula is C16H12ClFN4O. The number of H-pyrrole nitrogens is 1. The van der Waals surface area contributed by atoms with Crippen molar-refractivity contribution >= 4 is 17.4 Å². The zero-order valence-electron chi connectivity index (χ0n) is 12.4. The van der Waals surface area contributed by atoms with Crippen LogP contribution in [0.25, 0.3) is 22.5 Å². The van der Waals surface area contributed by atoms with Crippen LogP contribution in [0.4, 0.5) is 4.39 Å². The fourth-order valence-electron chi connectivity index (χ4n) is 2.52. The van der Waals surface area contributed by atoms with Gasteiger partial charge in [0.1, 0.15) is 5.82 Å². The first-order chi connectivity index (χ1) is 11.0. The highest BCUT2D eigenvalue weighted by Gasteiger charge is 2.22. The van der Waals surface area contributed by atoms with E-state index in [0.29, 0.717) is 38.7 Å². The molecule has 3 aromatic rings. The molecule has 0 atom stereocenters. The number of hydrogen-bond donors (Lipinski definition) is 1. The minimum Gasteiger partial charge on any atom is -0.294 e. The molecule has 0 amide bonds. The van der Waals surface area contributed by atoms with Crippen LogP contribution in [0.3, 0.4) is 0 Å². The average Bonchev–Trinajstić information content (AvgIpc) is 3.03. The Kier molecular flexibility index (Phi) is 3.92. The van der Waals surface area contributed by atoms with Crippen molar-refractivity contribution in [2.45, 2.75) is 13.8 Å². The molecular weight excluding hydrogens is 319 g/mol. The molecule has 1 aromatic heterocycles. The molecule has 1 heterocycles. The van der Waals surface area contributed by atoms with E-state index >= 15 is 0 Å². The summed E-state index contributed by atoms with van der Waals surface area (Å²) in [5, 5.41) is 14.3. The van der Waals surface area contributed by atoms with E-state index in [0.717, 1.165) is 0 Å². The molecule has 23 heavy (non-hydrogen) atoms. The van der Waals surface area contributed by atoms with E-state index in [-0.39, 0.29) is 5.78 Å². The maximum Gasteiger partial charge on any atom is 0.205 e. The Morgan fingerprint density at radius 1 is 1.26 bits per heavy atom. The summed E-state index contributed by atoms with van der Waals surface area (Å²) < 4.78 is 13.7. The Balaban J connectivity index is 2.44. The van der Waals surface area contributed by atoms with Crippen molar-refractivity contribution in [1.82, 2.24) is 20.6 Å². The third kappa shape index (κ3) is 2.73. The predicted molar refractivity (Wildman–Crippen MR) is 84.8 cm³/mol. The number of benzene rings is 2. The van der Waals surface area contributed by atoms with Crippen LogP contribution < -0.4 is 0 Å². The molecule has 0 saturated heterocycles. The minimum absolute atomic E-state index is 0.184. The van der Waals surface area contributed by atoms with Crippen molar-refractivity contribution in [2.75, 3.05) is 0 Å². The summed E-state index contributed by atoms with van der Waals surface area (Å²) in [4.78, 5) is 12.1. The van der Waals surface area contributed by atoms with Crippen molar-refractivity contribution in [3.63, 3.8) is 0 Å². The SMILES string of the molecule is CC(=O)c1cc(Cl)c(C)c(-c2nn[nH]n2)c1-c1cccc(F)c1. The van der Waals surface area contributed by atoms with Gasteiger partial charge in [-0.15, -0.1) is 10.2 Å². The molecule has 0 saturated carbocycles. The third-order valence-corrected chi connectivity index (χ3v) is 3.98. The van der Waals surface area contributed by atoms with Crippen molar-refractivity contribution in [1.29, 1.82) is 0 Å². The highest BCUT2D eigenvalue weighted by atomic mass is 35.5. The summed E-state index contributed by atoms with van der Waals surface area (Å²) in [6, 6.07) is 7.59. The van der Waals surface area contributed by atoms with E-state index in [1.165, 1.54) is 19.1 Å². The van der Waals surface area contributed by atoms with Gasteiger partial charge in [0, 0.05) is 21.7 Å². The maximum absolute atomic E-state index is 13.7. The molecule has 0 spiro atoms. The molecule has 1 N–H and O–H groups in total. The lowest BCUT2D eigenvalue weighted by Crippen LogP contribution is -2.02. The lowest BCUT2D eigenvalue weighted by atomic mass is 9.89. The van der Waals surface area contributed by atoms with Gasteiger partial charge in [0.05, 0.1) is 0 Å². The van der Waals surface area contributed by atoms with E-state index < -0.39 is 5.82 Å². The number of carbonyl (C=O) groups excluding carboxylic acids is 1.